The zero-order valence-corrected chi connectivity index (χ0v) is 20.1. The molecular formula is C24H33F2N5O. The van der Waals surface area contributed by atoms with Crippen molar-refractivity contribution >= 4 is 23.1 Å². The highest BCUT2D eigenvalue weighted by Crippen LogP contribution is 2.35. The number of imidazole rings is 1. The molecule has 6 nitrogen and oxygen atoms in total. The number of anilines is 2. The first-order valence-electron chi connectivity index (χ1n) is 10.7. The number of aromatic amines is 1. The second-order valence-corrected chi connectivity index (χ2v) is 11.2. The zero-order chi connectivity index (χ0) is 24.1. The molecule has 2 heterocycles. The fourth-order valence-corrected chi connectivity index (χ4v) is 4.19. The van der Waals surface area contributed by atoms with Crippen LogP contribution in [0.1, 0.15) is 77.9 Å². The van der Waals surface area contributed by atoms with Crippen molar-refractivity contribution in [1.29, 1.82) is 0 Å². The van der Waals surface area contributed by atoms with Gasteiger partial charge in [-0.3, -0.25) is 9.89 Å². The summed E-state index contributed by atoms with van der Waals surface area (Å²) in [6.45, 7) is 17.1. The minimum atomic E-state index is -1.02. The SMILES string of the molecule is CC(C)(C)CC(C)(C)Nc1c(C(C)(C)C)nc2c(C(=O)Nc3ccc(F)c(F)c3)c[nH]n12. The van der Waals surface area contributed by atoms with E-state index >= 15 is 0 Å². The molecule has 0 bridgehead atoms. The number of nitrogens with one attached hydrogen (secondary N) is 3. The van der Waals surface area contributed by atoms with E-state index in [1.807, 2.05) is 0 Å². The number of hydrogen-bond donors (Lipinski definition) is 3. The predicted octanol–water partition coefficient (Wildman–Crippen LogP) is 6.12. The normalized spacial score (nSPS) is 12.9. The van der Waals surface area contributed by atoms with E-state index in [-0.39, 0.29) is 22.1 Å². The number of amides is 1. The molecule has 3 N–H and O–H groups in total. The summed E-state index contributed by atoms with van der Waals surface area (Å²) in [6, 6.07) is 3.24. The summed E-state index contributed by atoms with van der Waals surface area (Å²) in [5.41, 5.74) is 1.38. The molecule has 1 amide bonds. The van der Waals surface area contributed by atoms with Gasteiger partial charge in [-0.25, -0.2) is 18.3 Å². The number of H-pyrrole nitrogens is 1. The average Bonchev–Trinajstić information content (AvgIpc) is 3.15. The third kappa shape index (κ3) is 5.11. The van der Waals surface area contributed by atoms with Crippen LogP contribution in [0.3, 0.4) is 0 Å². The summed E-state index contributed by atoms with van der Waals surface area (Å²) >= 11 is 0. The van der Waals surface area contributed by atoms with Crippen LogP contribution in [0.5, 0.6) is 0 Å². The maximum absolute atomic E-state index is 13.5. The Hall–Kier alpha value is -2.90. The van der Waals surface area contributed by atoms with E-state index < -0.39 is 17.5 Å². The number of carbonyl (C=O) groups excluding carboxylic acids is 1. The van der Waals surface area contributed by atoms with Crippen LogP contribution in [-0.4, -0.2) is 26.0 Å². The third-order valence-corrected chi connectivity index (χ3v) is 5.02. The van der Waals surface area contributed by atoms with Crippen molar-refractivity contribution in [2.45, 2.75) is 72.8 Å². The molecule has 8 heteroatoms. The van der Waals surface area contributed by atoms with E-state index in [0.29, 0.717) is 11.2 Å². The molecule has 0 unspecified atom stereocenters. The Kier molecular flexibility index (Phi) is 5.87. The Balaban J connectivity index is 2.01. The smallest absolute Gasteiger partial charge is 0.261 e. The lowest BCUT2D eigenvalue weighted by Gasteiger charge is -2.34. The Bertz CT molecular complexity index is 1150. The first-order valence-corrected chi connectivity index (χ1v) is 10.7. The number of benzene rings is 1. The molecule has 0 aliphatic carbocycles. The van der Waals surface area contributed by atoms with Crippen molar-refractivity contribution in [3.8, 4) is 0 Å². The number of halogens is 2. The molecule has 3 aromatic rings. The molecule has 0 saturated heterocycles. The van der Waals surface area contributed by atoms with Gasteiger partial charge in [0.05, 0.1) is 5.69 Å². The average molecular weight is 446 g/mol. The predicted molar refractivity (Wildman–Crippen MR) is 124 cm³/mol. The topological polar surface area (TPSA) is 74.2 Å². The lowest BCUT2D eigenvalue weighted by atomic mass is 9.81. The maximum atomic E-state index is 13.5. The zero-order valence-electron chi connectivity index (χ0n) is 20.1. The van der Waals surface area contributed by atoms with Gasteiger partial charge in [0, 0.05) is 28.9 Å². The van der Waals surface area contributed by atoms with Gasteiger partial charge in [-0.1, -0.05) is 41.5 Å². The summed E-state index contributed by atoms with van der Waals surface area (Å²) in [4.78, 5) is 17.7. The molecule has 0 aliphatic heterocycles. The van der Waals surface area contributed by atoms with Crippen molar-refractivity contribution < 1.29 is 13.6 Å². The maximum Gasteiger partial charge on any atom is 0.261 e. The summed E-state index contributed by atoms with van der Waals surface area (Å²) in [5.74, 6) is -1.66. The molecular weight excluding hydrogens is 412 g/mol. The Morgan fingerprint density at radius 1 is 1.06 bits per heavy atom. The molecule has 32 heavy (non-hydrogen) atoms. The van der Waals surface area contributed by atoms with Gasteiger partial charge in [-0.2, -0.15) is 0 Å². The summed E-state index contributed by atoms with van der Waals surface area (Å²) < 4.78 is 28.5. The molecule has 0 radical (unpaired) electrons. The minimum absolute atomic E-state index is 0.118. The van der Waals surface area contributed by atoms with E-state index in [9.17, 15) is 13.6 Å². The Morgan fingerprint density at radius 3 is 2.28 bits per heavy atom. The van der Waals surface area contributed by atoms with Crippen LogP contribution in [0, 0.1) is 17.0 Å². The second kappa shape index (κ2) is 7.90. The van der Waals surface area contributed by atoms with E-state index in [0.717, 1.165) is 30.1 Å². The molecule has 2 aromatic heterocycles. The van der Waals surface area contributed by atoms with Crippen molar-refractivity contribution in [1.82, 2.24) is 14.6 Å². The second-order valence-electron chi connectivity index (χ2n) is 11.2. The van der Waals surface area contributed by atoms with E-state index in [1.165, 1.54) is 6.07 Å². The highest BCUT2D eigenvalue weighted by Gasteiger charge is 2.32. The summed E-state index contributed by atoms with van der Waals surface area (Å²) in [7, 11) is 0. The quantitative estimate of drug-likeness (QED) is 0.443. The molecule has 0 spiro atoms. The summed E-state index contributed by atoms with van der Waals surface area (Å²) in [5, 5.41) is 9.37. The Morgan fingerprint density at radius 2 is 1.72 bits per heavy atom. The number of carbonyl (C=O) groups is 1. The standard InChI is InChI=1S/C24H33F2N5O/c1-22(2,3)13-24(7,8)30-20-18(23(4,5)6)29-19-15(12-27-31(19)20)21(32)28-14-9-10-16(25)17(26)11-14/h9-12,27,30H,13H2,1-8H3,(H,28,32). The van der Waals surface area contributed by atoms with E-state index in [1.54, 1.807) is 10.7 Å². The summed E-state index contributed by atoms with van der Waals surface area (Å²) in [6.07, 6.45) is 2.48. The third-order valence-electron chi connectivity index (χ3n) is 5.02. The molecule has 0 fully saturated rings. The number of nitrogens with zero attached hydrogens (tertiary/aromatic N) is 2. The van der Waals surface area contributed by atoms with Gasteiger partial charge < -0.3 is 10.6 Å². The van der Waals surface area contributed by atoms with E-state index in [2.05, 4.69) is 71.1 Å². The molecule has 174 valence electrons. The van der Waals surface area contributed by atoms with Gasteiger partial charge in [0.25, 0.3) is 5.91 Å². The van der Waals surface area contributed by atoms with Gasteiger partial charge in [-0.05, 0) is 37.8 Å². The van der Waals surface area contributed by atoms with Gasteiger partial charge in [0.2, 0.25) is 0 Å². The van der Waals surface area contributed by atoms with Gasteiger partial charge in [-0.15, -0.1) is 0 Å². The van der Waals surface area contributed by atoms with Crippen molar-refractivity contribution in [3.63, 3.8) is 0 Å². The van der Waals surface area contributed by atoms with Crippen molar-refractivity contribution in [2.75, 3.05) is 10.6 Å². The number of hydrogen-bond acceptors (Lipinski definition) is 3. The van der Waals surface area contributed by atoms with Crippen LogP contribution in [0.25, 0.3) is 5.65 Å². The highest BCUT2D eigenvalue weighted by atomic mass is 19.2. The highest BCUT2D eigenvalue weighted by molar-refractivity contribution is 6.08. The van der Waals surface area contributed by atoms with Crippen LogP contribution in [-0.2, 0) is 5.41 Å². The van der Waals surface area contributed by atoms with Crippen molar-refractivity contribution in [3.05, 3.63) is 47.3 Å². The van der Waals surface area contributed by atoms with Gasteiger partial charge in [0.15, 0.2) is 23.1 Å². The van der Waals surface area contributed by atoms with E-state index in [4.69, 9.17) is 4.98 Å². The molecule has 1 aromatic carbocycles. The van der Waals surface area contributed by atoms with Gasteiger partial charge >= 0.3 is 0 Å². The van der Waals surface area contributed by atoms with Crippen LogP contribution in [0.4, 0.5) is 20.3 Å². The monoisotopic (exact) mass is 445 g/mol. The van der Waals surface area contributed by atoms with Gasteiger partial charge in [0.1, 0.15) is 5.56 Å². The van der Waals surface area contributed by atoms with Crippen molar-refractivity contribution in [2.24, 2.45) is 5.41 Å². The van der Waals surface area contributed by atoms with Crippen LogP contribution in [0.2, 0.25) is 0 Å². The fraction of sp³-hybridized carbons (Fsp3) is 0.500. The lowest BCUT2D eigenvalue weighted by Crippen LogP contribution is -2.36. The molecule has 0 saturated carbocycles. The first kappa shape index (κ1) is 23.8. The first-order chi connectivity index (χ1) is 14.6. The largest absolute Gasteiger partial charge is 0.364 e. The molecule has 3 rings (SSSR count). The van der Waals surface area contributed by atoms with Crippen LogP contribution >= 0.6 is 0 Å². The number of fused-ring (bicyclic) bond motifs is 1. The minimum Gasteiger partial charge on any atom is -0.364 e. The molecule has 0 atom stereocenters. The van der Waals surface area contributed by atoms with Crippen LogP contribution in [0.15, 0.2) is 24.4 Å². The number of aromatic nitrogens is 3. The molecule has 0 aliphatic rings. The number of rotatable bonds is 5. The lowest BCUT2D eigenvalue weighted by molar-refractivity contribution is 0.102. The van der Waals surface area contributed by atoms with Crippen LogP contribution < -0.4 is 10.6 Å². The Labute approximate surface area is 187 Å². The fourth-order valence-electron chi connectivity index (χ4n) is 4.19.